The SMILES string of the molecule is Nc1nc(CN2C(=O)N[C@]3(CCCc4sccc43)C2=O)nc(Nc2ccc(F)cc2)n1. The van der Waals surface area contributed by atoms with Crippen LogP contribution in [0.2, 0.25) is 0 Å². The first-order valence-electron chi connectivity index (χ1n) is 9.68. The van der Waals surface area contributed by atoms with Crippen molar-refractivity contribution in [2.24, 2.45) is 0 Å². The molecule has 11 heteroatoms. The lowest BCUT2D eigenvalue weighted by Crippen LogP contribution is -2.46. The van der Waals surface area contributed by atoms with Crippen molar-refractivity contribution in [3.63, 3.8) is 0 Å². The molecule has 1 saturated heterocycles. The van der Waals surface area contributed by atoms with Gasteiger partial charge in [-0.25, -0.2) is 9.18 Å². The highest BCUT2D eigenvalue weighted by molar-refractivity contribution is 7.10. The Hall–Kier alpha value is -3.60. The Morgan fingerprint density at radius 3 is 2.81 bits per heavy atom. The van der Waals surface area contributed by atoms with E-state index >= 15 is 0 Å². The van der Waals surface area contributed by atoms with Crippen molar-refractivity contribution in [2.45, 2.75) is 31.3 Å². The number of imide groups is 1. The summed E-state index contributed by atoms with van der Waals surface area (Å²) in [6.45, 7) is -0.142. The molecule has 1 aliphatic heterocycles. The number of rotatable bonds is 4. The molecule has 3 aromatic rings. The second-order valence-corrected chi connectivity index (χ2v) is 8.40. The fourth-order valence-electron chi connectivity index (χ4n) is 4.05. The van der Waals surface area contributed by atoms with Crippen molar-refractivity contribution in [3.05, 3.63) is 57.8 Å². The third-order valence-corrected chi connectivity index (χ3v) is 6.42. The topological polar surface area (TPSA) is 126 Å². The Balaban J connectivity index is 1.40. The summed E-state index contributed by atoms with van der Waals surface area (Å²) in [6, 6.07) is 7.06. The number of aryl methyl sites for hydroxylation is 1. The third kappa shape index (κ3) is 3.36. The maximum absolute atomic E-state index is 13.3. The van der Waals surface area contributed by atoms with Gasteiger partial charge in [0.25, 0.3) is 5.91 Å². The summed E-state index contributed by atoms with van der Waals surface area (Å²) in [6.07, 6.45) is 2.27. The predicted octanol–water partition coefficient (Wildman–Crippen LogP) is 2.68. The van der Waals surface area contributed by atoms with E-state index in [1.165, 1.54) is 24.3 Å². The van der Waals surface area contributed by atoms with Crippen LogP contribution in [0.5, 0.6) is 0 Å². The molecule has 9 nitrogen and oxygen atoms in total. The van der Waals surface area contributed by atoms with E-state index in [0.29, 0.717) is 12.1 Å². The van der Waals surface area contributed by atoms with E-state index in [1.54, 1.807) is 11.3 Å². The Kier molecular flexibility index (Phi) is 4.54. The largest absolute Gasteiger partial charge is 0.368 e. The first-order valence-corrected chi connectivity index (χ1v) is 10.6. The molecule has 5 rings (SSSR count). The van der Waals surface area contributed by atoms with Gasteiger partial charge in [0.05, 0.1) is 6.54 Å². The molecule has 0 radical (unpaired) electrons. The molecule has 1 fully saturated rings. The number of halogens is 1. The van der Waals surface area contributed by atoms with Crippen LogP contribution in [0, 0.1) is 5.82 Å². The lowest BCUT2D eigenvalue weighted by atomic mass is 9.80. The predicted molar refractivity (Wildman–Crippen MR) is 112 cm³/mol. The molecule has 0 bridgehead atoms. The molecule has 4 N–H and O–H groups in total. The Bertz CT molecular complexity index is 1180. The van der Waals surface area contributed by atoms with Crippen molar-refractivity contribution >= 4 is 40.9 Å². The van der Waals surface area contributed by atoms with Crippen LogP contribution in [0.1, 0.15) is 29.1 Å². The quantitative estimate of drug-likeness (QED) is 0.534. The number of fused-ring (bicyclic) bond motifs is 2. The van der Waals surface area contributed by atoms with E-state index in [0.717, 1.165) is 28.2 Å². The number of nitrogens with one attached hydrogen (secondary N) is 2. The fourth-order valence-corrected chi connectivity index (χ4v) is 5.05. The van der Waals surface area contributed by atoms with Crippen LogP contribution in [0.25, 0.3) is 0 Å². The van der Waals surface area contributed by atoms with Crippen LogP contribution in [-0.4, -0.2) is 31.8 Å². The van der Waals surface area contributed by atoms with Gasteiger partial charge in [0, 0.05) is 16.1 Å². The maximum Gasteiger partial charge on any atom is 0.325 e. The summed E-state index contributed by atoms with van der Waals surface area (Å²) >= 11 is 1.60. The van der Waals surface area contributed by atoms with Gasteiger partial charge in [-0.1, -0.05) is 0 Å². The number of benzene rings is 1. The van der Waals surface area contributed by atoms with Crippen molar-refractivity contribution in [1.29, 1.82) is 0 Å². The highest BCUT2D eigenvalue weighted by atomic mass is 32.1. The van der Waals surface area contributed by atoms with Crippen molar-refractivity contribution in [3.8, 4) is 0 Å². The van der Waals surface area contributed by atoms with Gasteiger partial charge in [-0.3, -0.25) is 9.69 Å². The van der Waals surface area contributed by atoms with Crippen LogP contribution in [-0.2, 0) is 23.3 Å². The number of urea groups is 1. The van der Waals surface area contributed by atoms with Gasteiger partial charge in [-0.05, 0) is 55.0 Å². The van der Waals surface area contributed by atoms with E-state index in [-0.39, 0.29) is 36.0 Å². The van der Waals surface area contributed by atoms with Crippen LogP contribution < -0.4 is 16.4 Å². The second-order valence-electron chi connectivity index (χ2n) is 7.40. The molecule has 2 aromatic heterocycles. The van der Waals surface area contributed by atoms with Crippen LogP contribution in [0.4, 0.5) is 26.8 Å². The summed E-state index contributed by atoms with van der Waals surface area (Å²) in [7, 11) is 0. The van der Waals surface area contributed by atoms with Crippen LogP contribution in [0.3, 0.4) is 0 Å². The molecule has 3 amide bonds. The minimum Gasteiger partial charge on any atom is -0.368 e. The minimum absolute atomic E-state index is 0.0610. The molecule has 3 heterocycles. The Morgan fingerprint density at radius 2 is 2.00 bits per heavy atom. The number of nitrogen functional groups attached to an aromatic ring is 1. The number of hydrogen-bond donors (Lipinski definition) is 3. The van der Waals surface area contributed by atoms with E-state index < -0.39 is 11.6 Å². The third-order valence-electron chi connectivity index (χ3n) is 5.44. The average Bonchev–Trinajstić information content (AvgIpc) is 3.30. The van der Waals surface area contributed by atoms with Crippen LogP contribution in [0.15, 0.2) is 35.7 Å². The molecule has 0 saturated carbocycles. The minimum atomic E-state index is -1.03. The number of carbonyl (C=O) groups is 2. The molecular formula is C20H18FN7O2S. The summed E-state index contributed by atoms with van der Waals surface area (Å²) in [4.78, 5) is 40.7. The summed E-state index contributed by atoms with van der Waals surface area (Å²) in [5.74, 6) is -0.448. The van der Waals surface area contributed by atoms with Crippen molar-refractivity contribution < 1.29 is 14.0 Å². The van der Waals surface area contributed by atoms with Gasteiger partial charge in [-0.2, -0.15) is 15.0 Å². The molecule has 158 valence electrons. The normalized spacial score (nSPS) is 20.1. The zero-order valence-electron chi connectivity index (χ0n) is 16.3. The molecule has 1 aromatic carbocycles. The van der Waals surface area contributed by atoms with Gasteiger partial charge in [0.2, 0.25) is 11.9 Å². The number of anilines is 3. The van der Waals surface area contributed by atoms with Crippen molar-refractivity contribution in [1.82, 2.24) is 25.2 Å². The molecular weight excluding hydrogens is 421 g/mol. The van der Waals surface area contributed by atoms with Gasteiger partial charge in [0.15, 0.2) is 5.82 Å². The van der Waals surface area contributed by atoms with E-state index in [1.807, 2.05) is 11.4 Å². The first-order chi connectivity index (χ1) is 14.9. The average molecular weight is 439 g/mol. The van der Waals surface area contributed by atoms with Gasteiger partial charge in [-0.15, -0.1) is 11.3 Å². The zero-order chi connectivity index (χ0) is 21.6. The summed E-state index contributed by atoms with van der Waals surface area (Å²) < 4.78 is 13.1. The second kappa shape index (κ2) is 7.27. The molecule has 31 heavy (non-hydrogen) atoms. The van der Waals surface area contributed by atoms with Crippen molar-refractivity contribution in [2.75, 3.05) is 11.1 Å². The van der Waals surface area contributed by atoms with E-state index in [9.17, 15) is 14.0 Å². The summed E-state index contributed by atoms with van der Waals surface area (Å²) in [5.41, 5.74) is 6.20. The highest BCUT2D eigenvalue weighted by Crippen LogP contribution is 2.42. The highest BCUT2D eigenvalue weighted by Gasteiger charge is 2.54. The molecule has 0 unspecified atom stereocenters. The zero-order valence-corrected chi connectivity index (χ0v) is 17.1. The van der Waals surface area contributed by atoms with Crippen LogP contribution >= 0.6 is 11.3 Å². The van der Waals surface area contributed by atoms with Gasteiger partial charge >= 0.3 is 6.03 Å². The number of thiophene rings is 1. The fraction of sp³-hybridized carbons (Fsp3) is 0.250. The van der Waals surface area contributed by atoms with Gasteiger partial charge in [0.1, 0.15) is 11.4 Å². The standard InChI is InChI=1S/C20H18FN7O2S/c21-11-3-5-12(6-4-11)23-18-25-15(24-17(22)26-18)10-28-16(29)20(27-19(28)30)8-1-2-14-13(20)7-9-31-14/h3-7,9H,1-2,8,10H2,(H,27,30)(H3,22,23,24,25,26)/t20-/m0/s1. The number of aromatic nitrogens is 3. The monoisotopic (exact) mass is 439 g/mol. The van der Waals surface area contributed by atoms with E-state index in [4.69, 9.17) is 5.73 Å². The number of carbonyl (C=O) groups excluding carboxylic acids is 2. The number of hydrogen-bond acceptors (Lipinski definition) is 8. The lowest BCUT2D eigenvalue weighted by molar-refractivity contribution is -0.132. The molecule has 1 atom stereocenters. The number of amides is 3. The molecule has 1 spiro atoms. The first kappa shape index (κ1) is 19.4. The molecule has 2 aliphatic rings. The molecule has 1 aliphatic carbocycles. The van der Waals surface area contributed by atoms with E-state index in [2.05, 4.69) is 25.6 Å². The van der Waals surface area contributed by atoms with Gasteiger partial charge < -0.3 is 16.4 Å². The smallest absolute Gasteiger partial charge is 0.325 e. The maximum atomic E-state index is 13.3. The summed E-state index contributed by atoms with van der Waals surface area (Å²) in [5, 5.41) is 7.76. The Morgan fingerprint density at radius 1 is 1.19 bits per heavy atom. The number of nitrogens with two attached hydrogens (primary N) is 1. The number of nitrogens with zero attached hydrogens (tertiary/aromatic N) is 4. The Labute approximate surface area is 180 Å². The lowest BCUT2D eigenvalue weighted by Gasteiger charge is -2.31.